The van der Waals surface area contributed by atoms with Crippen molar-refractivity contribution in [2.45, 2.75) is 38.7 Å². The molecular weight excluding hydrogens is 441 g/mol. The van der Waals surface area contributed by atoms with Gasteiger partial charge in [0, 0.05) is 18.1 Å². The molecule has 1 aliphatic rings. The summed E-state index contributed by atoms with van der Waals surface area (Å²) >= 11 is 0. The summed E-state index contributed by atoms with van der Waals surface area (Å²) in [7, 11) is -2.11. The Labute approximate surface area is 203 Å². The molecule has 5 heteroatoms. The van der Waals surface area contributed by atoms with Crippen molar-refractivity contribution in [1.29, 1.82) is 5.26 Å². The summed E-state index contributed by atoms with van der Waals surface area (Å²) in [6.45, 7) is 7.19. The molecule has 176 valence electrons. The van der Waals surface area contributed by atoms with E-state index < -0.39 is 14.5 Å². The van der Waals surface area contributed by atoms with Gasteiger partial charge in [-0.15, -0.1) is 0 Å². The van der Waals surface area contributed by atoms with Crippen LogP contribution in [0.1, 0.15) is 32.8 Å². The molecule has 3 nitrogen and oxygen atoms in total. The number of benzene rings is 3. The van der Waals surface area contributed by atoms with E-state index in [9.17, 15) is 5.26 Å². The van der Waals surface area contributed by atoms with E-state index in [0.29, 0.717) is 25.2 Å². The summed E-state index contributed by atoms with van der Waals surface area (Å²) < 4.78 is 28.2. The molecule has 0 aromatic heterocycles. The van der Waals surface area contributed by atoms with Gasteiger partial charge in [0.2, 0.25) is 9.04 Å². The molecule has 0 saturated carbocycles. The minimum atomic E-state index is -2.11. The second-order valence-electron chi connectivity index (χ2n) is 10.1. The molecule has 3 aromatic rings. The number of ether oxygens (including phenoxy) is 1. The Kier molecular flexibility index (Phi) is 7.32. The van der Waals surface area contributed by atoms with Gasteiger partial charge in [-0.3, -0.25) is 0 Å². The predicted octanol–water partition coefficient (Wildman–Crippen LogP) is 4.59. The predicted molar refractivity (Wildman–Crippen MR) is 136 cm³/mol. The standard InChI is InChI=1S/C29H32FNO2Si/c1-28(2,3)27(33-34(22-12-6-4-7-13-22)23-14-8-5-9-15-23)25-20-32-19-18-29(25,21-31)24-16-10-11-17-26(24)30/h4-17,25,27,34H,18-20H2,1-3H3. The van der Waals surface area contributed by atoms with Gasteiger partial charge in [0.05, 0.1) is 24.2 Å². The number of hydrogen-bond acceptors (Lipinski definition) is 3. The Bertz CT molecular complexity index is 1090. The first-order chi connectivity index (χ1) is 16.4. The Balaban J connectivity index is 1.82. The second kappa shape index (κ2) is 10.2. The van der Waals surface area contributed by atoms with Gasteiger partial charge in [0.1, 0.15) is 5.82 Å². The number of rotatable bonds is 6. The van der Waals surface area contributed by atoms with E-state index in [1.807, 2.05) is 42.5 Å². The molecule has 0 spiro atoms. The smallest absolute Gasteiger partial charge is 0.240 e. The molecule has 1 saturated heterocycles. The van der Waals surface area contributed by atoms with Crippen LogP contribution < -0.4 is 10.4 Å². The SMILES string of the molecule is CC(C)(C)C(O[SiH](c1ccccc1)c1ccccc1)C1COCCC1(C#N)c1ccccc1F. The monoisotopic (exact) mass is 473 g/mol. The Hall–Kier alpha value is -2.78. The molecule has 1 aliphatic heterocycles. The highest BCUT2D eigenvalue weighted by atomic mass is 28.3. The quantitative estimate of drug-likeness (QED) is 0.492. The van der Waals surface area contributed by atoms with Crippen molar-refractivity contribution in [2.75, 3.05) is 13.2 Å². The summed E-state index contributed by atoms with van der Waals surface area (Å²) in [6.07, 6.45) is 0.123. The molecular formula is C29H32FNO2Si. The number of halogens is 1. The average molecular weight is 474 g/mol. The third-order valence-corrected chi connectivity index (χ3v) is 9.38. The fraction of sp³-hybridized carbons (Fsp3) is 0.345. The first kappa shape index (κ1) is 24.3. The van der Waals surface area contributed by atoms with E-state index in [2.05, 4.69) is 51.1 Å². The maximum Gasteiger partial charge on any atom is 0.240 e. The van der Waals surface area contributed by atoms with Gasteiger partial charge in [-0.25, -0.2) is 4.39 Å². The molecule has 1 heterocycles. The lowest BCUT2D eigenvalue weighted by Crippen LogP contribution is -2.57. The largest absolute Gasteiger partial charge is 0.407 e. The van der Waals surface area contributed by atoms with Gasteiger partial charge in [-0.2, -0.15) is 5.26 Å². The fourth-order valence-electron chi connectivity index (χ4n) is 5.13. The molecule has 1 fully saturated rings. The minimum absolute atomic E-state index is 0.298. The van der Waals surface area contributed by atoms with E-state index in [1.54, 1.807) is 12.1 Å². The first-order valence-corrected chi connectivity index (χ1v) is 13.5. The minimum Gasteiger partial charge on any atom is -0.407 e. The third-order valence-electron chi connectivity index (χ3n) is 6.83. The van der Waals surface area contributed by atoms with E-state index in [4.69, 9.17) is 9.16 Å². The van der Waals surface area contributed by atoms with Crippen molar-refractivity contribution in [1.82, 2.24) is 0 Å². The Morgan fingerprint density at radius 3 is 2.06 bits per heavy atom. The van der Waals surface area contributed by atoms with Gasteiger partial charge < -0.3 is 9.16 Å². The highest BCUT2D eigenvalue weighted by Gasteiger charge is 2.52. The summed E-state index contributed by atoms with van der Waals surface area (Å²) in [6, 6.07) is 29.9. The molecule has 0 aliphatic carbocycles. The summed E-state index contributed by atoms with van der Waals surface area (Å²) in [5.41, 5.74) is -0.872. The van der Waals surface area contributed by atoms with Crippen LogP contribution in [0, 0.1) is 28.5 Å². The molecule has 34 heavy (non-hydrogen) atoms. The maximum atomic E-state index is 15.1. The first-order valence-electron chi connectivity index (χ1n) is 11.9. The topological polar surface area (TPSA) is 42.2 Å². The number of hydrogen-bond donors (Lipinski definition) is 0. The van der Waals surface area contributed by atoms with Crippen molar-refractivity contribution in [3.8, 4) is 6.07 Å². The van der Waals surface area contributed by atoms with Crippen molar-refractivity contribution in [3.05, 3.63) is 96.3 Å². The van der Waals surface area contributed by atoms with Gasteiger partial charge in [0.25, 0.3) is 0 Å². The molecule has 0 bridgehead atoms. The van der Waals surface area contributed by atoms with Crippen LogP contribution in [0.5, 0.6) is 0 Å². The zero-order chi connectivity index (χ0) is 24.2. The van der Waals surface area contributed by atoms with Crippen LogP contribution in [0.2, 0.25) is 0 Å². The number of nitriles is 1. The van der Waals surface area contributed by atoms with Crippen molar-refractivity contribution >= 4 is 19.4 Å². The van der Waals surface area contributed by atoms with E-state index in [0.717, 1.165) is 0 Å². The molecule has 3 unspecified atom stereocenters. The van der Waals surface area contributed by atoms with Crippen LogP contribution >= 0.6 is 0 Å². The van der Waals surface area contributed by atoms with Gasteiger partial charge >= 0.3 is 0 Å². The van der Waals surface area contributed by atoms with E-state index in [-0.39, 0.29) is 23.3 Å². The van der Waals surface area contributed by atoms with Gasteiger partial charge in [-0.1, -0.05) is 99.6 Å². The Morgan fingerprint density at radius 1 is 0.971 bits per heavy atom. The molecule has 3 aromatic carbocycles. The highest BCUT2D eigenvalue weighted by molar-refractivity contribution is 6.80. The molecule has 0 N–H and O–H groups in total. The van der Waals surface area contributed by atoms with Crippen LogP contribution in [0.15, 0.2) is 84.9 Å². The van der Waals surface area contributed by atoms with Crippen LogP contribution in [0.3, 0.4) is 0 Å². The van der Waals surface area contributed by atoms with Crippen LogP contribution in [-0.2, 0) is 14.6 Å². The zero-order valence-electron chi connectivity index (χ0n) is 20.1. The van der Waals surface area contributed by atoms with Gasteiger partial charge in [-0.05, 0) is 28.3 Å². The van der Waals surface area contributed by atoms with Crippen LogP contribution in [0.4, 0.5) is 4.39 Å². The van der Waals surface area contributed by atoms with E-state index >= 15 is 4.39 Å². The summed E-state index contributed by atoms with van der Waals surface area (Å²) in [4.78, 5) is 0. The average Bonchev–Trinajstić information content (AvgIpc) is 2.85. The molecule has 0 radical (unpaired) electrons. The molecule has 3 atom stereocenters. The molecule has 0 amide bonds. The third kappa shape index (κ3) is 4.86. The normalized spacial score (nSPS) is 21.7. The fourth-order valence-corrected chi connectivity index (χ4v) is 7.86. The lowest BCUT2D eigenvalue weighted by atomic mass is 9.62. The lowest BCUT2D eigenvalue weighted by Gasteiger charge is -2.48. The second-order valence-corrected chi connectivity index (χ2v) is 12.5. The van der Waals surface area contributed by atoms with E-state index in [1.165, 1.54) is 16.4 Å². The van der Waals surface area contributed by atoms with Crippen molar-refractivity contribution < 1.29 is 13.6 Å². The zero-order valence-corrected chi connectivity index (χ0v) is 21.2. The maximum absolute atomic E-state index is 15.1. The highest BCUT2D eigenvalue weighted by Crippen LogP contribution is 2.46. The molecule has 4 rings (SSSR count). The Morgan fingerprint density at radius 2 is 1.53 bits per heavy atom. The van der Waals surface area contributed by atoms with Crippen molar-refractivity contribution in [2.24, 2.45) is 11.3 Å². The summed E-state index contributed by atoms with van der Waals surface area (Å²) in [5.74, 6) is -0.658. The lowest BCUT2D eigenvalue weighted by molar-refractivity contribution is -0.0698. The van der Waals surface area contributed by atoms with Crippen LogP contribution in [0.25, 0.3) is 0 Å². The summed E-state index contributed by atoms with van der Waals surface area (Å²) in [5, 5.41) is 12.9. The number of nitrogens with zero attached hydrogens (tertiary/aromatic N) is 1. The van der Waals surface area contributed by atoms with Crippen molar-refractivity contribution in [3.63, 3.8) is 0 Å². The van der Waals surface area contributed by atoms with Crippen LogP contribution in [-0.4, -0.2) is 28.4 Å². The van der Waals surface area contributed by atoms with Gasteiger partial charge in [0.15, 0.2) is 0 Å².